The summed E-state index contributed by atoms with van der Waals surface area (Å²) in [7, 11) is -3.68. The molecule has 0 radical (unpaired) electrons. The first-order chi connectivity index (χ1) is 10.1. The molecule has 0 aliphatic rings. The van der Waals surface area contributed by atoms with Gasteiger partial charge in [-0.2, -0.15) is 0 Å². The number of thiophene rings is 1. The number of nitrogens with one attached hydrogen (secondary N) is 1. The van der Waals surface area contributed by atoms with Gasteiger partial charge < -0.3 is 5.11 Å². The summed E-state index contributed by atoms with van der Waals surface area (Å²) in [5.41, 5.74) is 0.504. The molecule has 0 bridgehead atoms. The van der Waals surface area contributed by atoms with Crippen LogP contribution in [-0.2, 0) is 16.6 Å². The van der Waals surface area contributed by atoms with Gasteiger partial charge in [0.2, 0.25) is 0 Å². The highest BCUT2D eigenvalue weighted by Gasteiger charge is 2.19. The normalized spacial score (nSPS) is 11.7. The molecule has 0 unspecified atom stereocenters. The summed E-state index contributed by atoms with van der Waals surface area (Å²) >= 11 is 1.22. The first kappa shape index (κ1) is 14.1. The van der Waals surface area contributed by atoms with Crippen molar-refractivity contribution >= 4 is 37.8 Å². The minimum Gasteiger partial charge on any atom is -0.391 e. The molecule has 0 atom stereocenters. The first-order valence-corrected chi connectivity index (χ1v) is 8.65. The Bertz CT molecular complexity index is 885. The summed E-state index contributed by atoms with van der Waals surface area (Å²) in [6, 6.07) is 14.6. The van der Waals surface area contributed by atoms with Crippen molar-refractivity contribution in [2.45, 2.75) is 11.5 Å². The number of rotatable bonds is 4. The predicted molar refractivity (Wildman–Crippen MR) is 85.0 cm³/mol. The van der Waals surface area contributed by atoms with Crippen LogP contribution in [0.25, 0.3) is 10.8 Å². The van der Waals surface area contributed by atoms with Crippen LogP contribution >= 0.6 is 11.3 Å². The summed E-state index contributed by atoms with van der Waals surface area (Å²) in [6.07, 6.45) is 0. The van der Waals surface area contributed by atoms with Crippen LogP contribution in [0.3, 0.4) is 0 Å². The zero-order valence-electron chi connectivity index (χ0n) is 11.0. The second-order valence-corrected chi connectivity index (χ2v) is 7.19. The molecule has 2 N–H and O–H groups in total. The maximum absolute atomic E-state index is 12.4. The van der Waals surface area contributed by atoms with Crippen molar-refractivity contribution in [2.24, 2.45) is 0 Å². The van der Waals surface area contributed by atoms with Crippen LogP contribution in [0.15, 0.2) is 58.8 Å². The molecule has 0 aliphatic carbocycles. The van der Waals surface area contributed by atoms with Gasteiger partial charge in [-0.15, -0.1) is 11.3 Å². The second-order valence-electron chi connectivity index (χ2n) is 4.53. The molecule has 0 amide bonds. The van der Waals surface area contributed by atoms with Crippen LogP contribution in [0.4, 0.5) is 5.69 Å². The lowest BCUT2D eigenvalue weighted by Crippen LogP contribution is -2.13. The fourth-order valence-electron chi connectivity index (χ4n) is 2.15. The minimum atomic E-state index is -3.68. The van der Waals surface area contributed by atoms with E-state index < -0.39 is 10.0 Å². The van der Waals surface area contributed by atoms with Gasteiger partial charge in [0.05, 0.1) is 11.5 Å². The van der Waals surface area contributed by atoms with Gasteiger partial charge in [-0.25, -0.2) is 8.42 Å². The average molecular weight is 319 g/mol. The number of sulfonamides is 1. The summed E-state index contributed by atoms with van der Waals surface area (Å²) in [5.74, 6) is 0. The van der Waals surface area contributed by atoms with E-state index in [4.69, 9.17) is 0 Å². The molecule has 3 rings (SSSR count). The second kappa shape index (κ2) is 5.48. The van der Waals surface area contributed by atoms with Crippen molar-refractivity contribution in [3.63, 3.8) is 0 Å². The third kappa shape index (κ3) is 2.78. The molecule has 21 heavy (non-hydrogen) atoms. The molecular weight excluding hydrogens is 306 g/mol. The van der Waals surface area contributed by atoms with Gasteiger partial charge in [-0.3, -0.25) is 4.72 Å². The molecule has 4 nitrogen and oxygen atoms in total. The third-order valence-corrected chi connectivity index (χ3v) is 5.64. The molecule has 0 saturated heterocycles. The highest BCUT2D eigenvalue weighted by atomic mass is 32.2. The van der Waals surface area contributed by atoms with E-state index in [0.29, 0.717) is 10.6 Å². The van der Waals surface area contributed by atoms with E-state index in [-0.39, 0.29) is 11.5 Å². The Morgan fingerprint density at radius 1 is 1.05 bits per heavy atom. The molecule has 2 aromatic carbocycles. The molecular formula is C15H13NO3S2. The fourth-order valence-corrected chi connectivity index (χ4v) is 4.49. The highest BCUT2D eigenvalue weighted by Crippen LogP contribution is 2.26. The zero-order chi connectivity index (χ0) is 14.9. The number of benzene rings is 2. The monoisotopic (exact) mass is 319 g/mol. The molecule has 3 aromatic rings. The van der Waals surface area contributed by atoms with Crippen molar-refractivity contribution in [3.05, 3.63) is 58.8 Å². The Labute approximate surface area is 126 Å². The van der Waals surface area contributed by atoms with Crippen molar-refractivity contribution in [1.29, 1.82) is 0 Å². The third-order valence-electron chi connectivity index (χ3n) is 3.14. The summed E-state index contributed by atoms with van der Waals surface area (Å²) in [5, 5.41) is 12.9. The van der Waals surface area contributed by atoms with Gasteiger partial charge in [-0.05, 0) is 34.4 Å². The number of hydrogen-bond acceptors (Lipinski definition) is 4. The van der Waals surface area contributed by atoms with Crippen LogP contribution in [0.2, 0.25) is 0 Å². The first-order valence-electron chi connectivity index (χ1n) is 6.29. The lowest BCUT2D eigenvalue weighted by atomic mass is 10.1. The van der Waals surface area contributed by atoms with Crippen LogP contribution < -0.4 is 4.72 Å². The smallest absolute Gasteiger partial charge is 0.263 e. The van der Waals surface area contributed by atoms with Crippen molar-refractivity contribution in [2.75, 3.05) is 4.72 Å². The molecule has 0 aliphatic heterocycles. The molecule has 0 spiro atoms. The Morgan fingerprint density at radius 3 is 2.57 bits per heavy atom. The SMILES string of the molecule is O=S(=O)(Nc1ccc2ccccc2c1)c1ccsc1CO. The van der Waals surface area contributed by atoms with E-state index in [1.54, 1.807) is 17.5 Å². The number of aliphatic hydroxyl groups is 1. The standard InChI is InChI=1S/C15H13NO3S2/c17-10-14-15(7-8-20-14)21(18,19)16-13-6-5-11-3-1-2-4-12(11)9-13/h1-9,16-17H,10H2. The number of fused-ring (bicyclic) bond motifs is 1. The van der Waals surface area contributed by atoms with Gasteiger partial charge in [0, 0.05) is 5.69 Å². The Hall–Kier alpha value is -1.89. The van der Waals surface area contributed by atoms with Crippen LogP contribution in [0.5, 0.6) is 0 Å². The predicted octanol–water partition coefficient (Wildman–Crippen LogP) is 3.19. The minimum absolute atomic E-state index is 0.128. The topological polar surface area (TPSA) is 66.4 Å². The zero-order valence-corrected chi connectivity index (χ0v) is 12.6. The van der Waals surface area contributed by atoms with Crippen LogP contribution in [0, 0.1) is 0 Å². The molecule has 1 aromatic heterocycles. The maximum atomic E-state index is 12.4. The van der Waals surface area contributed by atoms with Gasteiger partial charge in [-0.1, -0.05) is 30.3 Å². The van der Waals surface area contributed by atoms with Crippen LogP contribution in [-0.4, -0.2) is 13.5 Å². The Balaban J connectivity index is 1.97. The lowest BCUT2D eigenvalue weighted by molar-refractivity contribution is 0.282. The Kier molecular flexibility index (Phi) is 3.67. The maximum Gasteiger partial charge on any atom is 0.263 e. The summed E-state index contributed by atoms with van der Waals surface area (Å²) < 4.78 is 27.3. The molecule has 0 fully saturated rings. The van der Waals surface area contributed by atoms with Crippen molar-refractivity contribution in [1.82, 2.24) is 0 Å². The largest absolute Gasteiger partial charge is 0.391 e. The van der Waals surface area contributed by atoms with E-state index in [0.717, 1.165) is 10.8 Å². The van der Waals surface area contributed by atoms with Gasteiger partial charge >= 0.3 is 0 Å². The van der Waals surface area contributed by atoms with E-state index in [2.05, 4.69) is 4.72 Å². The number of aliphatic hydroxyl groups excluding tert-OH is 1. The molecule has 6 heteroatoms. The van der Waals surface area contributed by atoms with Gasteiger partial charge in [0.25, 0.3) is 10.0 Å². The fraction of sp³-hybridized carbons (Fsp3) is 0.0667. The molecule has 0 saturated carbocycles. The molecule has 1 heterocycles. The summed E-state index contributed by atoms with van der Waals surface area (Å²) in [4.78, 5) is 0.562. The van der Waals surface area contributed by atoms with Crippen LogP contribution in [0.1, 0.15) is 4.88 Å². The van der Waals surface area contributed by atoms with E-state index in [9.17, 15) is 13.5 Å². The number of hydrogen-bond donors (Lipinski definition) is 2. The van der Waals surface area contributed by atoms with Crippen molar-refractivity contribution in [3.8, 4) is 0 Å². The van der Waals surface area contributed by atoms with Crippen molar-refractivity contribution < 1.29 is 13.5 Å². The van der Waals surface area contributed by atoms with E-state index in [1.165, 1.54) is 17.4 Å². The average Bonchev–Trinajstić information content (AvgIpc) is 2.96. The van der Waals surface area contributed by atoms with E-state index >= 15 is 0 Å². The Morgan fingerprint density at radius 2 is 1.81 bits per heavy atom. The number of anilines is 1. The highest BCUT2D eigenvalue weighted by molar-refractivity contribution is 7.93. The lowest BCUT2D eigenvalue weighted by Gasteiger charge is -2.09. The van der Waals surface area contributed by atoms with E-state index in [1.807, 2.05) is 30.3 Å². The quantitative estimate of drug-likeness (QED) is 0.776. The molecule has 108 valence electrons. The van der Waals surface area contributed by atoms with Gasteiger partial charge in [0.1, 0.15) is 4.90 Å². The summed E-state index contributed by atoms with van der Waals surface area (Å²) in [6.45, 7) is -0.286. The van der Waals surface area contributed by atoms with Gasteiger partial charge in [0.15, 0.2) is 0 Å².